The summed E-state index contributed by atoms with van der Waals surface area (Å²) in [5.74, 6) is 1.72. The van der Waals surface area contributed by atoms with Crippen LogP contribution >= 0.6 is 11.3 Å². The molecule has 0 saturated carbocycles. The lowest BCUT2D eigenvalue weighted by atomic mass is 10.0. The van der Waals surface area contributed by atoms with E-state index in [2.05, 4.69) is 35.8 Å². The van der Waals surface area contributed by atoms with Crippen molar-refractivity contribution in [2.75, 3.05) is 13.1 Å². The Morgan fingerprint density at radius 3 is 3.00 bits per heavy atom. The van der Waals surface area contributed by atoms with Crippen LogP contribution in [0.25, 0.3) is 11.5 Å². The highest BCUT2D eigenvalue weighted by atomic mass is 32.1. The predicted molar refractivity (Wildman–Crippen MR) is 96.5 cm³/mol. The minimum absolute atomic E-state index is 0.175. The topological polar surface area (TPSA) is 73.9 Å². The molecule has 5 heterocycles. The van der Waals surface area contributed by atoms with Crippen molar-refractivity contribution in [3.8, 4) is 11.5 Å². The van der Waals surface area contributed by atoms with Crippen molar-refractivity contribution >= 4 is 11.3 Å². The molecule has 1 unspecified atom stereocenters. The number of hydrogen-bond donors (Lipinski definition) is 0. The third kappa shape index (κ3) is 2.67. The van der Waals surface area contributed by atoms with E-state index in [0.717, 1.165) is 60.6 Å². The van der Waals surface area contributed by atoms with Gasteiger partial charge in [0.15, 0.2) is 11.6 Å². The molecule has 3 aromatic heterocycles. The monoisotopic (exact) mass is 371 g/mol. The van der Waals surface area contributed by atoms with Gasteiger partial charge < -0.3 is 9.30 Å². The molecule has 9 heteroatoms. The SMILES string of the molecule is Cc1cc(-c2nnc3n2CC2(CCN(Cc4nccs4)C2)OC3)nn1C. The lowest BCUT2D eigenvalue weighted by molar-refractivity contribution is -0.0821. The van der Waals surface area contributed by atoms with Gasteiger partial charge in [0.2, 0.25) is 0 Å². The van der Waals surface area contributed by atoms with Crippen LogP contribution in [-0.2, 0) is 31.5 Å². The van der Waals surface area contributed by atoms with Gasteiger partial charge in [-0.2, -0.15) is 5.10 Å². The Labute approximate surface area is 155 Å². The molecular weight excluding hydrogens is 350 g/mol. The highest BCUT2D eigenvalue weighted by Gasteiger charge is 2.43. The number of thiazole rings is 1. The van der Waals surface area contributed by atoms with Crippen molar-refractivity contribution in [2.24, 2.45) is 7.05 Å². The summed E-state index contributed by atoms with van der Waals surface area (Å²) >= 11 is 1.71. The molecule has 26 heavy (non-hydrogen) atoms. The Morgan fingerprint density at radius 2 is 2.23 bits per heavy atom. The van der Waals surface area contributed by atoms with Crippen molar-refractivity contribution in [1.82, 2.24) is 34.4 Å². The molecule has 1 saturated heterocycles. The summed E-state index contributed by atoms with van der Waals surface area (Å²) in [7, 11) is 1.95. The fourth-order valence-electron chi connectivity index (χ4n) is 3.85. The summed E-state index contributed by atoms with van der Waals surface area (Å²) < 4.78 is 10.3. The average molecular weight is 371 g/mol. The first-order chi connectivity index (χ1) is 12.6. The number of hydrogen-bond acceptors (Lipinski definition) is 7. The molecule has 2 aliphatic heterocycles. The maximum absolute atomic E-state index is 6.27. The fraction of sp³-hybridized carbons (Fsp3) is 0.529. The first-order valence-electron chi connectivity index (χ1n) is 8.80. The standard InChI is InChI=1S/C17H21N7OS/c1-12-7-13(21-22(12)2)16-20-19-14-9-25-17(11-24(14)16)3-5-23(10-17)8-15-18-4-6-26-15/h4,6-7H,3,5,8-11H2,1-2H3. The molecule has 0 bridgehead atoms. The molecule has 3 aromatic rings. The average Bonchev–Trinajstić information content (AvgIpc) is 3.39. The van der Waals surface area contributed by atoms with E-state index >= 15 is 0 Å². The van der Waals surface area contributed by atoms with Gasteiger partial charge in [0.05, 0.1) is 13.1 Å². The van der Waals surface area contributed by atoms with Crippen molar-refractivity contribution in [2.45, 2.75) is 38.6 Å². The quantitative estimate of drug-likeness (QED) is 0.697. The van der Waals surface area contributed by atoms with Crippen LogP contribution in [0.2, 0.25) is 0 Å². The van der Waals surface area contributed by atoms with Gasteiger partial charge in [0, 0.05) is 37.4 Å². The molecule has 0 N–H and O–H groups in total. The van der Waals surface area contributed by atoms with Gasteiger partial charge in [0.25, 0.3) is 0 Å². The zero-order valence-electron chi connectivity index (χ0n) is 14.9. The van der Waals surface area contributed by atoms with Gasteiger partial charge in [-0.05, 0) is 19.4 Å². The maximum atomic E-state index is 6.27. The van der Waals surface area contributed by atoms with Crippen LogP contribution in [0.4, 0.5) is 0 Å². The molecule has 1 spiro atoms. The van der Waals surface area contributed by atoms with Crippen LogP contribution in [0, 0.1) is 6.92 Å². The second-order valence-electron chi connectivity index (χ2n) is 7.18. The lowest BCUT2D eigenvalue weighted by Crippen LogP contribution is -2.44. The third-order valence-corrected chi connectivity index (χ3v) is 6.13. The van der Waals surface area contributed by atoms with Crippen molar-refractivity contribution < 1.29 is 4.74 Å². The van der Waals surface area contributed by atoms with Crippen molar-refractivity contribution in [3.63, 3.8) is 0 Å². The smallest absolute Gasteiger partial charge is 0.184 e. The minimum Gasteiger partial charge on any atom is -0.364 e. The summed E-state index contributed by atoms with van der Waals surface area (Å²) in [4.78, 5) is 6.83. The summed E-state index contributed by atoms with van der Waals surface area (Å²) in [5, 5.41) is 16.5. The molecule has 1 fully saturated rings. The van der Waals surface area contributed by atoms with E-state index in [9.17, 15) is 0 Å². The van der Waals surface area contributed by atoms with Crippen LogP contribution in [0.15, 0.2) is 17.6 Å². The van der Waals surface area contributed by atoms with E-state index in [1.807, 2.05) is 30.2 Å². The van der Waals surface area contributed by atoms with Gasteiger partial charge in [-0.15, -0.1) is 21.5 Å². The normalized spacial score (nSPS) is 23.0. The van der Waals surface area contributed by atoms with E-state index < -0.39 is 0 Å². The molecule has 136 valence electrons. The van der Waals surface area contributed by atoms with Crippen molar-refractivity contribution in [1.29, 1.82) is 0 Å². The Bertz CT molecular complexity index is 912. The van der Waals surface area contributed by atoms with Crippen LogP contribution in [0.3, 0.4) is 0 Å². The van der Waals surface area contributed by atoms with Gasteiger partial charge in [0.1, 0.15) is 22.9 Å². The lowest BCUT2D eigenvalue weighted by Gasteiger charge is -2.34. The molecular formula is C17H21N7OS. The number of aryl methyl sites for hydroxylation is 2. The van der Waals surface area contributed by atoms with Crippen molar-refractivity contribution in [3.05, 3.63) is 34.2 Å². The van der Waals surface area contributed by atoms with Gasteiger partial charge in [-0.1, -0.05) is 0 Å². The summed E-state index contributed by atoms with van der Waals surface area (Å²) in [6, 6.07) is 2.06. The van der Waals surface area contributed by atoms with E-state index in [4.69, 9.17) is 4.74 Å². The zero-order chi connectivity index (χ0) is 17.7. The van der Waals surface area contributed by atoms with Crippen LogP contribution in [0.1, 0.15) is 22.9 Å². The summed E-state index contributed by atoms with van der Waals surface area (Å²) in [6.45, 7) is 6.14. The maximum Gasteiger partial charge on any atom is 0.184 e. The Morgan fingerprint density at radius 1 is 1.31 bits per heavy atom. The van der Waals surface area contributed by atoms with Crippen LogP contribution < -0.4 is 0 Å². The second kappa shape index (κ2) is 5.97. The highest BCUT2D eigenvalue weighted by molar-refractivity contribution is 7.09. The van der Waals surface area contributed by atoms with Gasteiger partial charge in [-0.25, -0.2) is 4.98 Å². The Hall–Kier alpha value is -2.10. The van der Waals surface area contributed by atoms with E-state index in [1.54, 1.807) is 11.3 Å². The molecule has 5 rings (SSSR count). The van der Waals surface area contributed by atoms with Gasteiger partial charge >= 0.3 is 0 Å². The Balaban J connectivity index is 1.39. The number of rotatable bonds is 3. The zero-order valence-corrected chi connectivity index (χ0v) is 15.7. The third-order valence-electron chi connectivity index (χ3n) is 5.36. The number of likely N-dealkylation sites (tertiary alicyclic amines) is 1. The van der Waals surface area contributed by atoms with Gasteiger partial charge in [-0.3, -0.25) is 9.58 Å². The Kier molecular flexibility index (Phi) is 3.70. The second-order valence-corrected chi connectivity index (χ2v) is 8.16. The highest BCUT2D eigenvalue weighted by Crippen LogP contribution is 2.34. The number of ether oxygens (including phenoxy) is 1. The number of nitrogens with zero attached hydrogens (tertiary/aromatic N) is 7. The minimum atomic E-state index is -0.175. The van der Waals surface area contributed by atoms with E-state index in [0.29, 0.717) is 6.61 Å². The molecule has 1 atom stereocenters. The summed E-state index contributed by atoms with van der Waals surface area (Å²) in [5.41, 5.74) is 1.80. The molecule has 0 aliphatic carbocycles. The van der Waals surface area contributed by atoms with Crippen LogP contribution in [-0.4, -0.2) is 53.1 Å². The predicted octanol–water partition coefficient (Wildman–Crippen LogP) is 1.62. The molecule has 0 aromatic carbocycles. The largest absolute Gasteiger partial charge is 0.364 e. The summed E-state index contributed by atoms with van der Waals surface area (Å²) in [6.07, 6.45) is 2.88. The molecule has 2 aliphatic rings. The first kappa shape index (κ1) is 16.1. The fourth-order valence-corrected chi connectivity index (χ4v) is 4.51. The van der Waals surface area contributed by atoms with Crippen LogP contribution in [0.5, 0.6) is 0 Å². The van der Waals surface area contributed by atoms with E-state index in [1.165, 1.54) is 0 Å². The molecule has 8 nitrogen and oxygen atoms in total. The molecule has 0 amide bonds. The van der Waals surface area contributed by atoms with E-state index in [-0.39, 0.29) is 5.60 Å². The number of fused-ring (bicyclic) bond motifs is 1. The molecule has 0 radical (unpaired) electrons. The number of aromatic nitrogens is 6. The first-order valence-corrected chi connectivity index (χ1v) is 9.68.